The van der Waals surface area contributed by atoms with Gasteiger partial charge in [-0.25, -0.2) is 0 Å². The van der Waals surface area contributed by atoms with Gasteiger partial charge in [-0.2, -0.15) is 0 Å². The number of aliphatic hydroxyl groups is 2. The smallest absolute Gasteiger partial charge is 0.187 e. The molecule has 1 fully saturated rings. The standard InChI is InChI=1S/C21H41NO5/c1-14(2)17-18(24)19(25)21(26-15(3)4)27-20(17)16(23)12-10-8-6-5-7-9-11-13-22/h14-15,17-21,24-25H,5-13,22H2,1-4H3. The largest absolute Gasteiger partial charge is 0.390 e. The zero-order valence-corrected chi connectivity index (χ0v) is 17.6. The topological polar surface area (TPSA) is 102 Å². The van der Waals surface area contributed by atoms with Crippen LogP contribution in [-0.4, -0.2) is 53.2 Å². The maximum Gasteiger partial charge on any atom is 0.187 e. The highest BCUT2D eigenvalue weighted by Gasteiger charge is 2.48. The van der Waals surface area contributed by atoms with Gasteiger partial charge in [0.15, 0.2) is 12.1 Å². The molecule has 27 heavy (non-hydrogen) atoms. The van der Waals surface area contributed by atoms with Gasteiger partial charge in [-0.3, -0.25) is 4.79 Å². The molecule has 6 nitrogen and oxygen atoms in total. The zero-order valence-electron chi connectivity index (χ0n) is 17.6. The lowest BCUT2D eigenvalue weighted by Crippen LogP contribution is -2.59. The van der Waals surface area contributed by atoms with Gasteiger partial charge >= 0.3 is 0 Å². The second-order valence-electron chi connectivity index (χ2n) is 8.39. The Morgan fingerprint density at radius 3 is 2.04 bits per heavy atom. The molecule has 0 aromatic heterocycles. The number of carbonyl (C=O) groups is 1. The van der Waals surface area contributed by atoms with E-state index in [1.54, 1.807) is 0 Å². The fraction of sp³-hybridized carbons (Fsp3) is 0.952. The van der Waals surface area contributed by atoms with Crippen LogP contribution in [0.2, 0.25) is 0 Å². The van der Waals surface area contributed by atoms with E-state index in [2.05, 4.69) is 0 Å². The third-order valence-corrected chi connectivity index (χ3v) is 5.27. The molecule has 0 aliphatic carbocycles. The Bertz CT molecular complexity index is 413. The second kappa shape index (κ2) is 12.8. The highest BCUT2D eigenvalue weighted by molar-refractivity contribution is 5.83. The normalized spacial score (nSPS) is 28.9. The molecule has 6 heteroatoms. The number of carbonyl (C=O) groups excluding carboxylic acids is 1. The van der Waals surface area contributed by atoms with E-state index in [9.17, 15) is 15.0 Å². The Morgan fingerprint density at radius 2 is 1.52 bits per heavy atom. The van der Waals surface area contributed by atoms with Crippen molar-refractivity contribution in [2.24, 2.45) is 17.6 Å². The third-order valence-electron chi connectivity index (χ3n) is 5.27. The van der Waals surface area contributed by atoms with E-state index in [1.807, 2.05) is 27.7 Å². The van der Waals surface area contributed by atoms with Gasteiger partial charge in [0.1, 0.15) is 12.2 Å². The van der Waals surface area contributed by atoms with Crippen LogP contribution >= 0.6 is 0 Å². The molecule has 1 rings (SSSR count). The first-order valence-electron chi connectivity index (χ1n) is 10.7. The maximum absolute atomic E-state index is 12.8. The summed E-state index contributed by atoms with van der Waals surface area (Å²) in [5, 5.41) is 20.9. The Hall–Kier alpha value is -0.530. The molecule has 0 amide bonds. The van der Waals surface area contributed by atoms with Crippen molar-refractivity contribution in [1.82, 2.24) is 0 Å². The zero-order chi connectivity index (χ0) is 20.4. The van der Waals surface area contributed by atoms with Crippen molar-refractivity contribution in [3.8, 4) is 0 Å². The van der Waals surface area contributed by atoms with Crippen LogP contribution in [0.4, 0.5) is 0 Å². The summed E-state index contributed by atoms with van der Waals surface area (Å²) in [6.07, 6.45) is 4.02. The van der Waals surface area contributed by atoms with Crippen molar-refractivity contribution in [3.05, 3.63) is 0 Å². The molecule has 0 bridgehead atoms. The van der Waals surface area contributed by atoms with E-state index in [0.29, 0.717) is 6.42 Å². The van der Waals surface area contributed by atoms with E-state index in [4.69, 9.17) is 15.2 Å². The van der Waals surface area contributed by atoms with Gasteiger partial charge in [0.25, 0.3) is 0 Å². The van der Waals surface area contributed by atoms with Crippen LogP contribution in [0, 0.1) is 11.8 Å². The van der Waals surface area contributed by atoms with Crippen LogP contribution in [0.15, 0.2) is 0 Å². The molecular weight excluding hydrogens is 346 g/mol. The van der Waals surface area contributed by atoms with Gasteiger partial charge in [0, 0.05) is 12.3 Å². The van der Waals surface area contributed by atoms with Gasteiger partial charge in [-0.15, -0.1) is 0 Å². The summed E-state index contributed by atoms with van der Waals surface area (Å²) in [7, 11) is 0. The molecule has 0 saturated carbocycles. The molecule has 0 aromatic rings. The fourth-order valence-electron chi connectivity index (χ4n) is 3.77. The van der Waals surface area contributed by atoms with Crippen LogP contribution in [0.1, 0.15) is 79.1 Å². The van der Waals surface area contributed by atoms with Crippen molar-refractivity contribution >= 4 is 5.78 Å². The van der Waals surface area contributed by atoms with Crippen LogP contribution in [-0.2, 0) is 14.3 Å². The van der Waals surface area contributed by atoms with Crippen LogP contribution in [0.5, 0.6) is 0 Å². The number of nitrogens with two attached hydrogens (primary N) is 1. The predicted octanol–water partition coefficient (Wildman–Crippen LogP) is 2.78. The van der Waals surface area contributed by atoms with Gasteiger partial charge in [0.05, 0.1) is 12.2 Å². The Kier molecular flexibility index (Phi) is 11.7. The van der Waals surface area contributed by atoms with E-state index in [0.717, 1.165) is 32.2 Å². The molecule has 1 aliphatic heterocycles. The van der Waals surface area contributed by atoms with Gasteiger partial charge in [0.2, 0.25) is 0 Å². The minimum absolute atomic E-state index is 0.000128. The lowest BCUT2D eigenvalue weighted by atomic mass is 9.78. The minimum atomic E-state index is -1.14. The van der Waals surface area contributed by atoms with Crippen molar-refractivity contribution in [3.63, 3.8) is 0 Å². The van der Waals surface area contributed by atoms with Gasteiger partial charge in [-0.1, -0.05) is 46.0 Å². The van der Waals surface area contributed by atoms with Gasteiger partial charge < -0.3 is 25.4 Å². The minimum Gasteiger partial charge on any atom is -0.390 e. The number of hydrogen-bond donors (Lipinski definition) is 3. The molecule has 0 aromatic carbocycles. The molecule has 1 saturated heterocycles. The third kappa shape index (κ3) is 8.16. The molecule has 1 heterocycles. The number of unbranched alkanes of at least 4 members (excludes halogenated alkanes) is 6. The van der Waals surface area contributed by atoms with Crippen LogP contribution in [0.3, 0.4) is 0 Å². The summed E-state index contributed by atoms with van der Waals surface area (Å²) in [4.78, 5) is 12.8. The molecule has 5 unspecified atom stereocenters. The lowest BCUT2D eigenvalue weighted by molar-refractivity contribution is -0.292. The van der Waals surface area contributed by atoms with Crippen LogP contribution < -0.4 is 5.73 Å². The Labute approximate surface area is 164 Å². The first-order valence-corrected chi connectivity index (χ1v) is 10.7. The van der Waals surface area contributed by atoms with E-state index in [-0.39, 0.29) is 17.8 Å². The summed E-state index contributed by atoms with van der Waals surface area (Å²) in [6, 6.07) is 0. The van der Waals surface area contributed by atoms with E-state index in [1.165, 1.54) is 19.3 Å². The predicted molar refractivity (Wildman–Crippen MR) is 106 cm³/mol. The molecule has 160 valence electrons. The average molecular weight is 388 g/mol. The number of Topliss-reactive ketones (excluding diaryl/α,β-unsaturated/α-hetero) is 1. The van der Waals surface area contributed by atoms with Crippen molar-refractivity contribution < 1.29 is 24.5 Å². The summed E-state index contributed by atoms with van der Waals surface area (Å²) >= 11 is 0. The highest BCUT2D eigenvalue weighted by Crippen LogP contribution is 2.33. The quantitative estimate of drug-likeness (QED) is 0.420. The highest BCUT2D eigenvalue weighted by atomic mass is 16.7. The number of ketones is 1. The summed E-state index contributed by atoms with van der Waals surface area (Å²) in [5.74, 6) is -0.401. The number of hydrogen-bond acceptors (Lipinski definition) is 6. The van der Waals surface area contributed by atoms with Gasteiger partial charge in [-0.05, 0) is 39.2 Å². The Balaban J connectivity index is 2.52. The number of rotatable bonds is 13. The van der Waals surface area contributed by atoms with Crippen molar-refractivity contribution in [2.45, 2.75) is 110 Å². The monoisotopic (exact) mass is 387 g/mol. The average Bonchev–Trinajstić information content (AvgIpc) is 2.60. The first-order chi connectivity index (χ1) is 12.8. The second-order valence-corrected chi connectivity index (χ2v) is 8.39. The molecular formula is C21H41NO5. The summed E-state index contributed by atoms with van der Waals surface area (Å²) < 4.78 is 11.4. The molecule has 5 atom stereocenters. The van der Waals surface area contributed by atoms with Crippen molar-refractivity contribution in [1.29, 1.82) is 0 Å². The lowest BCUT2D eigenvalue weighted by Gasteiger charge is -2.44. The fourth-order valence-corrected chi connectivity index (χ4v) is 3.77. The number of aliphatic hydroxyl groups excluding tert-OH is 2. The van der Waals surface area contributed by atoms with Crippen molar-refractivity contribution in [2.75, 3.05) is 6.54 Å². The molecule has 4 N–H and O–H groups in total. The number of ether oxygens (including phenoxy) is 2. The van der Waals surface area contributed by atoms with Crippen LogP contribution in [0.25, 0.3) is 0 Å². The SMILES string of the molecule is CC(C)OC1OC(C(=O)CCCCCCCCCN)C(C(C)C)C(O)C1O. The Morgan fingerprint density at radius 1 is 0.963 bits per heavy atom. The molecule has 0 spiro atoms. The maximum atomic E-state index is 12.8. The molecule has 1 aliphatic rings. The molecule has 0 radical (unpaired) electrons. The van der Waals surface area contributed by atoms with E-state index < -0.39 is 30.5 Å². The first kappa shape index (κ1) is 24.5. The summed E-state index contributed by atoms with van der Waals surface area (Å²) in [5.41, 5.74) is 5.49. The van der Waals surface area contributed by atoms with E-state index >= 15 is 0 Å². The summed E-state index contributed by atoms with van der Waals surface area (Å²) in [6.45, 7) is 8.31.